The number of halogens is 1. The molecular weight excluding hydrogens is 400 g/mol. The van der Waals surface area contributed by atoms with Crippen LogP contribution in [0.4, 0.5) is 17.1 Å². The second kappa shape index (κ2) is 10.2. The quantitative estimate of drug-likeness (QED) is 0.547. The molecule has 0 saturated heterocycles. The van der Waals surface area contributed by atoms with Crippen LogP contribution in [0.25, 0.3) is 0 Å². The SMILES string of the molecule is COC(=O)CC(=O)Nc1ccc(Cl)cc1N(C(=O)CC(=O)OC)c1ccccc1. The summed E-state index contributed by atoms with van der Waals surface area (Å²) in [6.07, 6.45) is -1.02. The van der Waals surface area contributed by atoms with Crippen LogP contribution in [-0.2, 0) is 28.7 Å². The first-order valence-corrected chi connectivity index (χ1v) is 8.84. The molecule has 2 amide bonds. The molecule has 0 radical (unpaired) electrons. The average Bonchev–Trinajstić information content (AvgIpc) is 2.70. The highest BCUT2D eigenvalue weighted by molar-refractivity contribution is 6.31. The Morgan fingerprint density at radius 2 is 1.55 bits per heavy atom. The van der Waals surface area contributed by atoms with E-state index in [-0.39, 0.29) is 11.4 Å². The van der Waals surface area contributed by atoms with Crippen molar-refractivity contribution in [2.75, 3.05) is 24.4 Å². The number of nitrogens with zero attached hydrogens (tertiary/aromatic N) is 1. The number of amides is 2. The van der Waals surface area contributed by atoms with Crippen molar-refractivity contribution in [3.8, 4) is 0 Å². The monoisotopic (exact) mass is 418 g/mol. The van der Waals surface area contributed by atoms with Gasteiger partial charge >= 0.3 is 11.9 Å². The molecule has 0 unspecified atom stereocenters. The summed E-state index contributed by atoms with van der Waals surface area (Å²) in [6, 6.07) is 13.0. The van der Waals surface area contributed by atoms with E-state index in [4.69, 9.17) is 11.6 Å². The van der Waals surface area contributed by atoms with Crippen molar-refractivity contribution in [2.45, 2.75) is 12.8 Å². The summed E-state index contributed by atoms with van der Waals surface area (Å²) in [4.78, 5) is 49.3. The summed E-state index contributed by atoms with van der Waals surface area (Å²) in [5.41, 5.74) is 0.910. The second-order valence-corrected chi connectivity index (χ2v) is 6.22. The Bertz CT molecular complexity index is 916. The molecule has 2 aromatic carbocycles. The van der Waals surface area contributed by atoms with Crippen LogP contribution in [0.1, 0.15) is 12.8 Å². The van der Waals surface area contributed by atoms with Crippen LogP contribution >= 0.6 is 11.6 Å². The number of methoxy groups -OCH3 is 2. The van der Waals surface area contributed by atoms with Gasteiger partial charge in [-0.15, -0.1) is 0 Å². The summed E-state index contributed by atoms with van der Waals surface area (Å²) in [7, 11) is 2.35. The van der Waals surface area contributed by atoms with Crippen molar-refractivity contribution in [1.29, 1.82) is 0 Å². The highest BCUT2D eigenvalue weighted by Crippen LogP contribution is 2.35. The highest BCUT2D eigenvalue weighted by atomic mass is 35.5. The second-order valence-electron chi connectivity index (χ2n) is 5.78. The topological polar surface area (TPSA) is 102 Å². The Morgan fingerprint density at radius 3 is 2.17 bits per heavy atom. The molecule has 0 spiro atoms. The zero-order valence-electron chi connectivity index (χ0n) is 15.8. The maximum atomic E-state index is 12.9. The van der Waals surface area contributed by atoms with Gasteiger partial charge in [-0.25, -0.2) is 0 Å². The van der Waals surface area contributed by atoms with E-state index in [1.54, 1.807) is 30.3 Å². The molecule has 0 atom stereocenters. The minimum Gasteiger partial charge on any atom is -0.469 e. The van der Waals surface area contributed by atoms with Crippen molar-refractivity contribution < 1.29 is 28.7 Å². The van der Waals surface area contributed by atoms with Crippen LogP contribution in [-0.4, -0.2) is 38.0 Å². The van der Waals surface area contributed by atoms with Gasteiger partial charge < -0.3 is 14.8 Å². The Labute approximate surface area is 172 Å². The van der Waals surface area contributed by atoms with Gasteiger partial charge in [0.05, 0.1) is 25.6 Å². The molecule has 0 aromatic heterocycles. The fraction of sp³-hybridized carbons (Fsp3) is 0.200. The van der Waals surface area contributed by atoms with Gasteiger partial charge in [0.1, 0.15) is 12.8 Å². The molecule has 0 bridgehead atoms. The zero-order chi connectivity index (χ0) is 21.4. The van der Waals surface area contributed by atoms with E-state index < -0.39 is 36.6 Å². The van der Waals surface area contributed by atoms with Crippen LogP contribution in [0.15, 0.2) is 48.5 Å². The molecule has 0 fully saturated rings. The molecule has 0 aliphatic rings. The number of carbonyl (C=O) groups excluding carboxylic acids is 4. The molecule has 2 rings (SSSR count). The van der Waals surface area contributed by atoms with Crippen molar-refractivity contribution in [3.05, 3.63) is 53.6 Å². The minimum atomic E-state index is -0.714. The van der Waals surface area contributed by atoms with Crippen molar-refractivity contribution >= 4 is 52.4 Å². The van der Waals surface area contributed by atoms with E-state index in [1.807, 2.05) is 0 Å². The van der Waals surface area contributed by atoms with Crippen molar-refractivity contribution in [3.63, 3.8) is 0 Å². The van der Waals surface area contributed by atoms with E-state index in [9.17, 15) is 19.2 Å². The van der Waals surface area contributed by atoms with Gasteiger partial charge in [-0.1, -0.05) is 29.8 Å². The third kappa shape index (κ3) is 6.05. The first kappa shape index (κ1) is 21.9. The Hall–Kier alpha value is -3.39. The number of ether oxygens (including phenoxy) is 2. The fourth-order valence-corrected chi connectivity index (χ4v) is 2.63. The zero-order valence-corrected chi connectivity index (χ0v) is 16.6. The van der Waals surface area contributed by atoms with Crippen molar-refractivity contribution in [1.82, 2.24) is 0 Å². The van der Waals surface area contributed by atoms with Gasteiger partial charge in [-0.2, -0.15) is 0 Å². The lowest BCUT2D eigenvalue weighted by molar-refractivity contribution is -0.144. The summed E-state index contributed by atoms with van der Waals surface area (Å²) < 4.78 is 9.07. The Morgan fingerprint density at radius 1 is 0.931 bits per heavy atom. The van der Waals surface area contributed by atoms with E-state index in [2.05, 4.69) is 14.8 Å². The maximum Gasteiger partial charge on any atom is 0.315 e. The standard InChI is InChI=1S/C20H19ClN2O6/c1-28-19(26)11-17(24)22-15-9-8-13(21)10-16(15)23(14-6-4-3-5-7-14)18(25)12-20(27)29-2/h3-10H,11-12H2,1-2H3,(H,22,24). The first-order chi connectivity index (χ1) is 13.8. The molecule has 0 aliphatic heterocycles. The summed E-state index contributed by atoms with van der Waals surface area (Å²) in [5, 5.41) is 2.87. The van der Waals surface area contributed by atoms with Crippen LogP contribution in [0.5, 0.6) is 0 Å². The number of rotatable bonds is 7. The number of anilines is 3. The van der Waals surface area contributed by atoms with E-state index in [0.717, 1.165) is 0 Å². The lowest BCUT2D eigenvalue weighted by Crippen LogP contribution is -2.29. The van der Waals surface area contributed by atoms with E-state index >= 15 is 0 Å². The van der Waals surface area contributed by atoms with Gasteiger partial charge in [0.15, 0.2) is 0 Å². The number of carbonyl (C=O) groups is 4. The molecule has 0 aliphatic carbocycles. The average molecular weight is 419 g/mol. The van der Waals surface area contributed by atoms with Gasteiger partial charge in [0, 0.05) is 10.7 Å². The first-order valence-electron chi connectivity index (χ1n) is 8.46. The lowest BCUT2D eigenvalue weighted by Gasteiger charge is -2.25. The Kier molecular flexibility index (Phi) is 7.73. The van der Waals surface area contributed by atoms with Gasteiger partial charge in [-0.3, -0.25) is 24.1 Å². The number of benzene rings is 2. The summed E-state index contributed by atoms with van der Waals surface area (Å²) in [6.45, 7) is 0. The van der Waals surface area contributed by atoms with Crippen LogP contribution in [0.3, 0.4) is 0 Å². The molecule has 2 aromatic rings. The predicted molar refractivity (Wildman–Crippen MR) is 107 cm³/mol. The maximum absolute atomic E-state index is 12.9. The highest BCUT2D eigenvalue weighted by Gasteiger charge is 2.24. The van der Waals surface area contributed by atoms with Crippen LogP contribution in [0.2, 0.25) is 5.02 Å². The molecule has 8 nitrogen and oxygen atoms in total. The fourth-order valence-electron chi connectivity index (χ4n) is 2.46. The third-order valence-electron chi connectivity index (χ3n) is 3.79. The summed E-state index contributed by atoms with van der Waals surface area (Å²) >= 11 is 6.11. The molecule has 9 heteroatoms. The number of para-hydroxylation sites is 1. The molecule has 1 N–H and O–H groups in total. The Balaban J connectivity index is 2.48. The van der Waals surface area contributed by atoms with E-state index in [1.165, 1.54) is 37.3 Å². The molecular formula is C20H19ClN2O6. The molecule has 0 saturated carbocycles. The number of nitrogens with one attached hydrogen (secondary N) is 1. The normalized spacial score (nSPS) is 10.0. The largest absolute Gasteiger partial charge is 0.469 e. The smallest absolute Gasteiger partial charge is 0.315 e. The van der Waals surface area contributed by atoms with Crippen molar-refractivity contribution in [2.24, 2.45) is 0 Å². The number of esters is 2. The third-order valence-corrected chi connectivity index (χ3v) is 4.03. The molecule has 152 valence electrons. The lowest BCUT2D eigenvalue weighted by atomic mass is 10.1. The molecule has 0 heterocycles. The van der Waals surface area contributed by atoms with Crippen LogP contribution < -0.4 is 10.2 Å². The number of hydrogen-bond donors (Lipinski definition) is 1. The van der Waals surface area contributed by atoms with Gasteiger partial charge in [-0.05, 0) is 30.3 Å². The summed E-state index contributed by atoms with van der Waals surface area (Å²) in [5.74, 6) is -2.64. The van der Waals surface area contributed by atoms with Gasteiger partial charge in [0.2, 0.25) is 11.8 Å². The van der Waals surface area contributed by atoms with Gasteiger partial charge in [0.25, 0.3) is 0 Å². The predicted octanol–water partition coefficient (Wildman–Crippen LogP) is 3.07. The molecule has 29 heavy (non-hydrogen) atoms. The van der Waals surface area contributed by atoms with E-state index in [0.29, 0.717) is 10.7 Å². The van der Waals surface area contributed by atoms with Crippen LogP contribution in [0, 0.1) is 0 Å². The minimum absolute atomic E-state index is 0.227. The number of hydrogen-bond acceptors (Lipinski definition) is 6.